The number of hydrogen-bond acceptors (Lipinski definition) is 5. The zero-order valence-electron chi connectivity index (χ0n) is 14.5. The number of nitrogens with zero attached hydrogens (tertiary/aromatic N) is 3. The molecule has 0 bridgehead atoms. The Morgan fingerprint density at radius 3 is 3.04 bits per heavy atom. The number of aliphatic hydroxyl groups is 1. The fourth-order valence-electron chi connectivity index (χ4n) is 3.42. The number of ether oxygens (including phenoxy) is 1. The van der Waals surface area contributed by atoms with Crippen molar-refractivity contribution in [1.82, 2.24) is 14.7 Å². The maximum atomic E-state index is 10.3. The Bertz CT molecular complexity index is 623. The van der Waals surface area contributed by atoms with Gasteiger partial charge in [-0.15, -0.1) is 0 Å². The molecule has 3 rings (SSSR count). The summed E-state index contributed by atoms with van der Waals surface area (Å²) in [6.45, 7) is 7.40. The SMILES string of the molecule is Cc1cc(C)n(C[C@H]2CCCN2C[C@@H](O)COCc2ccco2)n1. The molecule has 2 aromatic heterocycles. The molecule has 1 N–H and O–H groups in total. The van der Waals surface area contributed by atoms with Gasteiger partial charge in [0.15, 0.2) is 0 Å². The van der Waals surface area contributed by atoms with Gasteiger partial charge in [-0.1, -0.05) is 0 Å². The second kappa shape index (κ2) is 7.96. The Labute approximate surface area is 143 Å². The first-order valence-electron chi connectivity index (χ1n) is 8.65. The molecule has 0 saturated carbocycles. The zero-order valence-corrected chi connectivity index (χ0v) is 14.5. The number of β-amino-alcohol motifs (C(OH)–C–C–N with tert-alkyl or cyclic N) is 1. The first kappa shape index (κ1) is 17.2. The van der Waals surface area contributed by atoms with E-state index in [1.165, 1.54) is 12.1 Å². The quantitative estimate of drug-likeness (QED) is 0.802. The van der Waals surface area contributed by atoms with Gasteiger partial charge in [0.1, 0.15) is 12.4 Å². The molecule has 1 saturated heterocycles. The monoisotopic (exact) mass is 333 g/mol. The second-order valence-corrected chi connectivity index (χ2v) is 6.65. The summed E-state index contributed by atoms with van der Waals surface area (Å²) in [5.41, 5.74) is 2.25. The molecule has 24 heavy (non-hydrogen) atoms. The lowest BCUT2D eigenvalue weighted by Gasteiger charge is -2.27. The van der Waals surface area contributed by atoms with Crippen LogP contribution in [-0.2, 0) is 17.9 Å². The average molecular weight is 333 g/mol. The lowest BCUT2D eigenvalue weighted by Crippen LogP contribution is -2.40. The van der Waals surface area contributed by atoms with Crippen molar-refractivity contribution in [3.8, 4) is 0 Å². The molecule has 1 fully saturated rings. The smallest absolute Gasteiger partial charge is 0.129 e. The van der Waals surface area contributed by atoms with Gasteiger partial charge in [0.05, 0.1) is 31.2 Å². The normalized spacial score (nSPS) is 19.9. The molecule has 132 valence electrons. The summed E-state index contributed by atoms with van der Waals surface area (Å²) in [6, 6.07) is 6.25. The summed E-state index contributed by atoms with van der Waals surface area (Å²) in [6.07, 6.45) is 3.46. The maximum absolute atomic E-state index is 10.3. The molecule has 6 nitrogen and oxygen atoms in total. The van der Waals surface area contributed by atoms with E-state index in [0.29, 0.717) is 25.8 Å². The van der Waals surface area contributed by atoms with Crippen LogP contribution in [0.5, 0.6) is 0 Å². The van der Waals surface area contributed by atoms with Crippen LogP contribution in [-0.4, -0.2) is 51.6 Å². The van der Waals surface area contributed by atoms with Crippen LogP contribution in [0, 0.1) is 13.8 Å². The van der Waals surface area contributed by atoms with Gasteiger partial charge in [0.2, 0.25) is 0 Å². The summed E-state index contributed by atoms with van der Waals surface area (Å²) >= 11 is 0. The van der Waals surface area contributed by atoms with Crippen molar-refractivity contribution in [2.75, 3.05) is 19.7 Å². The third-order valence-electron chi connectivity index (χ3n) is 4.57. The first-order chi connectivity index (χ1) is 11.6. The van der Waals surface area contributed by atoms with Gasteiger partial charge < -0.3 is 14.3 Å². The maximum Gasteiger partial charge on any atom is 0.129 e. The van der Waals surface area contributed by atoms with Gasteiger partial charge in [-0.2, -0.15) is 5.10 Å². The van der Waals surface area contributed by atoms with Gasteiger partial charge in [0, 0.05) is 18.3 Å². The van der Waals surface area contributed by atoms with Crippen molar-refractivity contribution in [3.05, 3.63) is 41.6 Å². The van der Waals surface area contributed by atoms with Gasteiger partial charge >= 0.3 is 0 Å². The highest BCUT2D eigenvalue weighted by Crippen LogP contribution is 2.20. The van der Waals surface area contributed by atoms with E-state index in [1.807, 2.05) is 19.1 Å². The summed E-state index contributed by atoms with van der Waals surface area (Å²) in [7, 11) is 0. The van der Waals surface area contributed by atoms with E-state index < -0.39 is 6.10 Å². The summed E-state index contributed by atoms with van der Waals surface area (Å²) in [4.78, 5) is 2.36. The predicted molar refractivity (Wildman–Crippen MR) is 90.7 cm³/mol. The van der Waals surface area contributed by atoms with Crippen LogP contribution >= 0.6 is 0 Å². The number of furan rings is 1. The van der Waals surface area contributed by atoms with Gasteiger partial charge in [-0.25, -0.2) is 0 Å². The lowest BCUT2D eigenvalue weighted by atomic mass is 10.2. The van der Waals surface area contributed by atoms with Crippen LogP contribution in [0.2, 0.25) is 0 Å². The average Bonchev–Trinajstić information content (AvgIpc) is 3.24. The van der Waals surface area contributed by atoms with Gasteiger partial charge in [0.25, 0.3) is 0 Å². The largest absolute Gasteiger partial charge is 0.467 e. The number of aromatic nitrogens is 2. The van der Waals surface area contributed by atoms with E-state index in [1.54, 1.807) is 6.26 Å². The van der Waals surface area contributed by atoms with E-state index in [9.17, 15) is 5.11 Å². The van der Waals surface area contributed by atoms with E-state index in [0.717, 1.165) is 31.0 Å². The molecule has 1 aliphatic rings. The fourth-order valence-corrected chi connectivity index (χ4v) is 3.42. The van der Waals surface area contributed by atoms with Crippen molar-refractivity contribution >= 4 is 0 Å². The van der Waals surface area contributed by atoms with Gasteiger partial charge in [-0.05, 0) is 51.4 Å². The molecule has 2 atom stereocenters. The summed E-state index contributed by atoms with van der Waals surface area (Å²) in [5.74, 6) is 0.783. The molecule has 6 heteroatoms. The van der Waals surface area contributed by atoms with Gasteiger partial charge in [-0.3, -0.25) is 9.58 Å². The molecular weight excluding hydrogens is 306 g/mol. The first-order valence-corrected chi connectivity index (χ1v) is 8.65. The highest BCUT2D eigenvalue weighted by atomic mass is 16.5. The highest BCUT2D eigenvalue weighted by Gasteiger charge is 2.27. The molecule has 0 amide bonds. The zero-order chi connectivity index (χ0) is 16.9. The molecule has 0 radical (unpaired) electrons. The minimum Gasteiger partial charge on any atom is -0.467 e. The van der Waals surface area contributed by atoms with Crippen molar-refractivity contribution in [2.45, 2.75) is 52.0 Å². The Morgan fingerprint density at radius 1 is 1.46 bits per heavy atom. The minimum absolute atomic E-state index is 0.323. The third-order valence-corrected chi connectivity index (χ3v) is 4.57. The molecule has 2 aromatic rings. The Morgan fingerprint density at radius 2 is 2.33 bits per heavy atom. The second-order valence-electron chi connectivity index (χ2n) is 6.65. The van der Waals surface area contributed by atoms with E-state index >= 15 is 0 Å². The molecule has 0 unspecified atom stereocenters. The van der Waals surface area contributed by atoms with Crippen molar-refractivity contribution in [3.63, 3.8) is 0 Å². The Hall–Kier alpha value is -1.63. The predicted octanol–water partition coefficient (Wildman–Crippen LogP) is 2.14. The molecule has 0 aromatic carbocycles. The molecule has 0 aliphatic carbocycles. The van der Waals surface area contributed by atoms with Crippen LogP contribution in [0.3, 0.4) is 0 Å². The molecule has 1 aliphatic heterocycles. The highest BCUT2D eigenvalue weighted by molar-refractivity contribution is 5.07. The number of likely N-dealkylation sites (tertiary alicyclic amines) is 1. The van der Waals surface area contributed by atoms with Crippen LogP contribution in [0.15, 0.2) is 28.9 Å². The van der Waals surface area contributed by atoms with Crippen LogP contribution in [0.25, 0.3) is 0 Å². The van der Waals surface area contributed by atoms with Crippen molar-refractivity contribution in [1.29, 1.82) is 0 Å². The lowest BCUT2D eigenvalue weighted by molar-refractivity contribution is 0.00210. The topological polar surface area (TPSA) is 63.7 Å². The standard InChI is InChI=1S/C18H27N3O3/c1-14-9-15(2)21(19-14)10-16-5-3-7-20(16)11-17(22)12-23-13-18-6-4-8-24-18/h4,6,8-9,16-17,22H,3,5,7,10-13H2,1-2H3/t16-,17-/m1/s1. The van der Waals surface area contributed by atoms with Crippen molar-refractivity contribution in [2.24, 2.45) is 0 Å². The van der Waals surface area contributed by atoms with Crippen LogP contribution < -0.4 is 0 Å². The van der Waals surface area contributed by atoms with E-state index in [-0.39, 0.29) is 0 Å². The number of aliphatic hydroxyl groups excluding tert-OH is 1. The van der Waals surface area contributed by atoms with Crippen LogP contribution in [0.4, 0.5) is 0 Å². The molecular formula is C18H27N3O3. The molecule has 0 spiro atoms. The number of hydrogen-bond donors (Lipinski definition) is 1. The minimum atomic E-state index is -0.485. The molecule has 3 heterocycles. The van der Waals surface area contributed by atoms with E-state index in [4.69, 9.17) is 9.15 Å². The number of rotatable bonds is 8. The fraction of sp³-hybridized carbons (Fsp3) is 0.611. The number of aryl methyl sites for hydroxylation is 2. The summed E-state index contributed by atoms with van der Waals surface area (Å²) < 4.78 is 12.8. The Balaban J connectivity index is 1.45. The van der Waals surface area contributed by atoms with E-state index in [2.05, 4.69) is 27.7 Å². The van der Waals surface area contributed by atoms with Crippen LogP contribution in [0.1, 0.15) is 30.0 Å². The van der Waals surface area contributed by atoms with Crippen molar-refractivity contribution < 1.29 is 14.3 Å². The Kier molecular flexibility index (Phi) is 5.71. The summed E-state index contributed by atoms with van der Waals surface area (Å²) in [5, 5.41) is 14.8. The third kappa shape index (κ3) is 4.47.